The highest BCUT2D eigenvalue weighted by Crippen LogP contribution is 2.56. The van der Waals surface area contributed by atoms with Gasteiger partial charge < -0.3 is 4.74 Å². The second-order valence-electron chi connectivity index (χ2n) is 7.92. The second-order valence-corrected chi connectivity index (χ2v) is 7.92. The molecule has 0 unspecified atom stereocenters. The monoisotopic (exact) mass is 296 g/mol. The van der Waals surface area contributed by atoms with Crippen molar-refractivity contribution in [3.05, 3.63) is 47.0 Å². The number of hydrogen-bond acceptors (Lipinski definition) is 2. The lowest BCUT2D eigenvalue weighted by Crippen LogP contribution is -2.44. The molecule has 0 saturated heterocycles. The van der Waals surface area contributed by atoms with Crippen LogP contribution in [0.15, 0.2) is 24.8 Å². The summed E-state index contributed by atoms with van der Waals surface area (Å²) >= 11 is 0. The molecule has 2 nitrogen and oxygen atoms in total. The highest BCUT2D eigenvalue weighted by Gasteiger charge is 2.48. The fraction of sp³-hybridized carbons (Fsp3) is 0.550. The van der Waals surface area contributed by atoms with Crippen LogP contribution in [0.25, 0.3) is 0 Å². The molecule has 22 heavy (non-hydrogen) atoms. The number of esters is 1. The molecule has 1 fully saturated rings. The van der Waals surface area contributed by atoms with E-state index >= 15 is 0 Å². The molecular weight excluding hydrogens is 272 g/mol. The zero-order valence-electron chi connectivity index (χ0n) is 13.6. The predicted octanol–water partition coefficient (Wildman–Crippen LogP) is 4.55. The van der Waals surface area contributed by atoms with Crippen LogP contribution in [0.1, 0.15) is 66.6 Å². The number of allylic oxidation sites excluding steroid dienone is 1. The Bertz CT molecular complexity index is 675. The van der Waals surface area contributed by atoms with Gasteiger partial charge in [0.2, 0.25) is 0 Å². The number of ether oxygens (including phenoxy) is 1. The molecule has 4 rings (SSSR count). The van der Waals surface area contributed by atoms with Crippen LogP contribution in [0.5, 0.6) is 0 Å². The van der Waals surface area contributed by atoms with Crippen molar-refractivity contribution in [2.75, 3.05) is 0 Å². The molecule has 0 spiro atoms. The van der Waals surface area contributed by atoms with Crippen molar-refractivity contribution in [1.82, 2.24) is 0 Å². The summed E-state index contributed by atoms with van der Waals surface area (Å²) in [6.45, 7) is 9.26. The normalized spacial score (nSPS) is 36.1. The molecule has 0 radical (unpaired) electrons. The zero-order valence-corrected chi connectivity index (χ0v) is 13.6. The number of cyclic esters (lactones) is 1. The van der Waals surface area contributed by atoms with E-state index < -0.39 is 0 Å². The highest BCUT2D eigenvalue weighted by atomic mass is 16.5. The number of rotatable bonds is 1. The van der Waals surface area contributed by atoms with Crippen molar-refractivity contribution in [3.8, 4) is 0 Å². The van der Waals surface area contributed by atoms with Crippen molar-refractivity contribution in [2.24, 2.45) is 11.3 Å². The van der Waals surface area contributed by atoms with Crippen LogP contribution >= 0.6 is 0 Å². The van der Waals surface area contributed by atoms with E-state index in [1.165, 1.54) is 36.8 Å². The van der Waals surface area contributed by atoms with Crippen LogP contribution in [-0.2, 0) is 23.2 Å². The molecule has 1 aromatic carbocycles. The van der Waals surface area contributed by atoms with Crippen molar-refractivity contribution in [3.63, 3.8) is 0 Å². The number of carbonyl (C=O) groups is 1. The largest absolute Gasteiger partial charge is 0.457 e. The molecule has 1 heterocycles. The Morgan fingerprint density at radius 2 is 2.14 bits per heavy atom. The minimum atomic E-state index is -0.111. The first-order chi connectivity index (χ1) is 10.5. The summed E-state index contributed by atoms with van der Waals surface area (Å²) in [6, 6.07) is 4.40. The average molecular weight is 296 g/mol. The van der Waals surface area contributed by atoms with E-state index in [-0.39, 0.29) is 16.8 Å². The van der Waals surface area contributed by atoms with Gasteiger partial charge in [0.15, 0.2) is 0 Å². The lowest BCUT2D eigenvalue weighted by Gasteiger charge is -2.51. The SMILES string of the molecule is C=C[C@]1(C)CC[C@@]2(C)c3ccc4c(c3CC[C@@H]2C1)C(=O)OC4. The summed E-state index contributed by atoms with van der Waals surface area (Å²) in [6.07, 6.45) is 7.93. The van der Waals surface area contributed by atoms with Crippen molar-refractivity contribution >= 4 is 5.97 Å². The molecule has 1 saturated carbocycles. The van der Waals surface area contributed by atoms with Gasteiger partial charge in [-0.25, -0.2) is 4.79 Å². The fourth-order valence-corrected chi connectivity index (χ4v) is 5.00. The summed E-state index contributed by atoms with van der Waals surface area (Å²) in [5, 5.41) is 0. The van der Waals surface area contributed by atoms with Gasteiger partial charge in [-0.05, 0) is 60.0 Å². The molecular formula is C20H24O2. The van der Waals surface area contributed by atoms with Crippen molar-refractivity contribution < 1.29 is 9.53 Å². The van der Waals surface area contributed by atoms with E-state index in [0.717, 1.165) is 17.5 Å². The molecule has 1 aromatic rings. The first kappa shape index (κ1) is 14.0. The lowest BCUT2D eigenvalue weighted by atomic mass is 9.53. The summed E-state index contributed by atoms with van der Waals surface area (Å²) in [4.78, 5) is 12.1. The maximum Gasteiger partial charge on any atom is 0.339 e. The Morgan fingerprint density at radius 3 is 2.91 bits per heavy atom. The van der Waals surface area contributed by atoms with Gasteiger partial charge in [0.05, 0.1) is 5.56 Å². The molecule has 0 amide bonds. The van der Waals surface area contributed by atoms with Crippen LogP contribution in [0.4, 0.5) is 0 Å². The minimum Gasteiger partial charge on any atom is -0.457 e. The van der Waals surface area contributed by atoms with Gasteiger partial charge in [-0.15, -0.1) is 6.58 Å². The van der Waals surface area contributed by atoms with E-state index in [4.69, 9.17) is 4.74 Å². The van der Waals surface area contributed by atoms with Gasteiger partial charge in [-0.1, -0.05) is 32.1 Å². The molecule has 0 aromatic heterocycles. The standard InChI is InChI=1S/C20H24O2/c1-4-19(2)9-10-20(3)14(11-19)6-7-15-16(20)8-5-13-12-22-18(21)17(13)15/h4-5,8,14H,1,6-7,9-12H2,2-3H3/t14-,19-,20-/m1/s1. The molecule has 2 aliphatic carbocycles. The molecule has 2 heteroatoms. The van der Waals surface area contributed by atoms with E-state index in [9.17, 15) is 4.79 Å². The maximum atomic E-state index is 12.1. The third-order valence-corrected chi connectivity index (χ3v) is 6.64. The minimum absolute atomic E-state index is 0.111. The van der Waals surface area contributed by atoms with Crippen LogP contribution < -0.4 is 0 Å². The summed E-state index contributed by atoms with van der Waals surface area (Å²) in [5.74, 6) is 0.577. The van der Waals surface area contributed by atoms with Crippen LogP contribution in [0.3, 0.4) is 0 Å². The second kappa shape index (κ2) is 4.47. The Kier molecular flexibility index (Phi) is 2.85. The van der Waals surface area contributed by atoms with E-state index in [2.05, 4.69) is 38.6 Å². The smallest absolute Gasteiger partial charge is 0.339 e. The number of benzene rings is 1. The average Bonchev–Trinajstić information content (AvgIpc) is 2.90. The van der Waals surface area contributed by atoms with Crippen molar-refractivity contribution in [1.29, 1.82) is 0 Å². The zero-order chi connectivity index (χ0) is 15.5. The van der Waals surface area contributed by atoms with E-state index in [1.807, 2.05) is 0 Å². The molecule has 1 aliphatic heterocycles. The summed E-state index contributed by atoms with van der Waals surface area (Å²) in [5.41, 5.74) is 5.13. The van der Waals surface area contributed by atoms with Gasteiger partial charge >= 0.3 is 5.97 Å². The molecule has 0 N–H and O–H groups in total. The summed E-state index contributed by atoms with van der Waals surface area (Å²) in [7, 11) is 0. The summed E-state index contributed by atoms with van der Waals surface area (Å²) < 4.78 is 5.26. The van der Waals surface area contributed by atoms with Crippen LogP contribution in [0.2, 0.25) is 0 Å². The van der Waals surface area contributed by atoms with Crippen LogP contribution in [0, 0.1) is 11.3 Å². The Balaban J connectivity index is 1.81. The fourth-order valence-electron chi connectivity index (χ4n) is 5.00. The molecule has 3 atom stereocenters. The number of carbonyl (C=O) groups excluding carboxylic acids is 1. The third kappa shape index (κ3) is 1.76. The first-order valence-electron chi connectivity index (χ1n) is 8.43. The molecule has 3 aliphatic rings. The maximum absolute atomic E-state index is 12.1. The molecule has 116 valence electrons. The Hall–Kier alpha value is -1.57. The number of fused-ring (bicyclic) bond motifs is 5. The van der Waals surface area contributed by atoms with Gasteiger partial charge in [-0.2, -0.15) is 0 Å². The quantitative estimate of drug-likeness (QED) is 0.561. The van der Waals surface area contributed by atoms with Crippen molar-refractivity contribution in [2.45, 2.75) is 58.0 Å². The number of hydrogen-bond donors (Lipinski definition) is 0. The first-order valence-corrected chi connectivity index (χ1v) is 8.43. The third-order valence-electron chi connectivity index (χ3n) is 6.64. The molecule has 0 bridgehead atoms. The predicted molar refractivity (Wildman–Crippen MR) is 86.9 cm³/mol. The van der Waals surface area contributed by atoms with Gasteiger partial charge in [0.1, 0.15) is 6.61 Å². The van der Waals surface area contributed by atoms with Crippen LogP contribution in [-0.4, -0.2) is 5.97 Å². The lowest BCUT2D eigenvalue weighted by molar-refractivity contribution is 0.0532. The Labute approximate surface area is 132 Å². The van der Waals surface area contributed by atoms with Gasteiger partial charge in [0, 0.05) is 5.56 Å². The Morgan fingerprint density at radius 1 is 1.32 bits per heavy atom. The topological polar surface area (TPSA) is 26.3 Å². The van der Waals surface area contributed by atoms with E-state index in [0.29, 0.717) is 12.5 Å². The van der Waals surface area contributed by atoms with Gasteiger partial charge in [0.25, 0.3) is 0 Å². The van der Waals surface area contributed by atoms with E-state index in [1.54, 1.807) is 0 Å². The van der Waals surface area contributed by atoms with Gasteiger partial charge in [-0.3, -0.25) is 0 Å². The highest BCUT2D eigenvalue weighted by molar-refractivity contribution is 5.95.